The van der Waals surface area contributed by atoms with E-state index in [1.54, 1.807) is 0 Å². The Morgan fingerprint density at radius 2 is 0.900 bits per heavy atom. The molecule has 0 saturated carbocycles. The third kappa shape index (κ3) is 42.5. The second-order valence-electron chi connectivity index (χ2n) is 17.6. The Morgan fingerprint density at radius 3 is 1.40 bits per heavy atom. The van der Waals surface area contributed by atoms with Crippen LogP contribution >= 0.6 is 0 Å². The minimum atomic E-state index is -0.798. The monoisotopic (exact) mass is 842 g/mol. The lowest BCUT2D eigenvalue weighted by atomic mass is 10.0. The number of rotatable bonds is 46. The summed E-state index contributed by atoms with van der Waals surface area (Å²) in [5.41, 5.74) is 0. The van der Waals surface area contributed by atoms with Crippen LogP contribution in [0.4, 0.5) is 0 Å². The Bertz CT molecular complexity index is 1040. The van der Waals surface area contributed by atoms with E-state index in [9.17, 15) is 19.8 Å². The number of unbranched alkanes of at least 4 members (excludes halogenated alkanes) is 28. The van der Waals surface area contributed by atoms with E-state index in [1.165, 1.54) is 128 Å². The summed E-state index contributed by atoms with van der Waals surface area (Å²) in [5, 5.41) is 23.8. The van der Waals surface area contributed by atoms with Crippen LogP contribution in [0.1, 0.15) is 258 Å². The molecule has 60 heavy (non-hydrogen) atoms. The summed E-state index contributed by atoms with van der Waals surface area (Å²) >= 11 is 0. The maximum absolute atomic E-state index is 13.2. The Kier molecular flexibility index (Phi) is 46.1. The molecule has 0 aromatic heterocycles. The van der Waals surface area contributed by atoms with Crippen LogP contribution in [0.2, 0.25) is 0 Å². The molecular weight excluding hydrogens is 743 g/mol. The van der Waals surface area contributed by atoms with Crippen molar-refractivity contribution < 1.29 is 24.5 Å². The number of aliphatic hydroxyl groups is 2. The molecule has 0 aliphatic rings. The van der Waals surface area contributed by atoms with Gasteiger partial charge in [-0.2, -0.15) is 0 Å². The molecule has 0 rings (SSSR count). The predicted molar refractivity (Wildman–Crippen MR) is 259 cm³/mol. The van der Waals surface area contributed by atoms with Gasteiger partial charge in [-0.15, -0.1) is 0 Å². The van der Waals surface area contributed by atoms with Crippen LogP contribution in [-0.2, 0) is 14.3 Å². The predicted octanol–water partition coefficient (Wildman–Crippen LogP) is 15.5. The number of hydrogen-bond acceptors (Lipinski definition) is 5. The lowest BCUT2D eigenvalue weighted by Gasteiger charge is -2.24. The van der Waals surface area contributed by atoms with Crippen molar-refractivity contribution in [3.05, 3.63) is 48.6 Å². The number of ether oxygens (including phenoxy) is 1. The molecule has 0 aliphatic carbocycles. The van der Waals surface area contributed by atoms with Gasteiger partial charge < -0.3 is 20.3 Å². The first kappa shape index (κ1) is 57.8. The third-order valence-electron chi connectivity index (χ3n) is 11.7. The third-order valence-corrected chi connectivity index (χ3v) is 11.7. The summed E-state index contributed by atoms with van der Waals surface area (Å²) in [6.45, 7) is 6.40. The Balaban J connectivity index is 4.61. The van der Waals surface area contributed by atoms with Crippen LogP contribution in [0.25, 0.3) is 0 Å². The molecule has 350 valence electrons. The van der Waals surface area contributed by atoms with E-state index in [0.717, 1.165) is 83.5 Å². The number of esters is 1. The molecule has 0 aromatic rings. The van der Waals surface area contributed by atoms with Gasteiger partial charge in [0.15, 0.2) is 0 Å². The van der Waals surface area contributed by atoms with E-state index < -0.39 is 18.2 Å². The first-order valence-corrected chi connectivity index (χ1v) is 25.9. The van der Waals surface area contributed by atoms with Gasteiger partial charge in [0.2, 0.25) is 5.91 Å². The average Bonchev–Trinajstić information content (AvgIpc) is 3.24. The van der Waals surface area contributed by atoms with Crippen molar-refractivity contribution in [2.45, 2.75) is 277 Å². The quantitative estimate of drug-likeness (QED) is 0.0246. The molecule has 0 fully saturated rings. The lowest BCUT2D eigenvalue weighted by molar-refractivity contribution is -0.151. The zero-order valence-electron chi connectivity index (χ0n) is 39.8. The number of aliphatic hydroxyl groups excluding tert-OH is 2. The highest BCUT2D eigenvalue weighted by Gasteiger charge is 2.24. The SMILES string of the molecule is CCC/C=C\CCCCCCCC(=O)OC(CCCCC/C=C/C=C/C=C/CCCCCCC)CC(=O)NC(CO)C(O)CCCCCCCCCCCCCCCCC. The van der Waals surface area contributed by atoms with Gasteiger partial charge in [-0.25, -0.2) is 0 Å². The molecule has 0 bridgehead atoms. The highest BCUT2D eigenvalue weighted by molar-refractivity contribution is 5.77. The molecule has 3 N–H and O–H groups in total. The van der Waals surface area contributed by atoms with Crippen molar-refractivity contribution in [2.24, 2.45) is 0 Å². The van der Waals surface area contributed by atoms with Crippen LogP contribution in [-0.4, -0.2) is 46.9 Å². The van der Waals surface area contributed by atoms with E-state index >= 15 is 0 Å². The summed E-state index contributed by atoms with van der Waals surface area (Å²) in [6, 6.07) is -0.713. The normalized spacial score (nSPS) is 13.6. The van der Waals surface area contributed by atoms with Gasteiger partial charge in [-0.05, 0) is 70.6 Å². The standard InChI is InChI=1S/C54H99NO5/c1-4-7-10-13-16-19-22-24-26-28-29-31-33-36-39-42-45-50(60-54(59)47-44-41-38-35-21-18-15-12-9-6-3)48-53(58)55-51(49-56)52(57)46-43-40-37-34-32-30-27-25-23-20-17-14-11-8-5-2/h12,15,22,24,26,28-29,31,50-52,56-57H,4-11,13-14,16-21,23,25,27,30,32-49H2,1-3H3,(H,55,58)/b15-12-,24-22+,28-26+,31-29+. The fraction of sp³-hybridized carbons (Fsp3) is 0.815. The minimum Gasteiger partial charge on any atom is -0.462 e. The Labute approximate surface area is 372 Å². The van der Waals surface area contributed by atoms with Crippen LogP contribution in [0, 0.1) is 0 Å². The molecular formula is C54H99NO5. The van der Waals surface area contributed by atoms with Gasteiger partial charge in [0.05, 0.1) is 25.2 Å². The summed E-state index contributed by atoms with van der Waals surface area (Å²) in [7, 11) is 0. The van der Waals surface area contributed by atoms with E-state index in [4.69, 9.17) is 4.74 Å². The van der Waals surface area contributed by atoms with Gasteiger partial charge >= 0.3 is 5.97 Å². The highest BCUT2D eigenvalue weighted by atomic mass is 16.5. The molecule has 6 heteroatoms. The largest absolute Gasteiger partial charge is 0.462 e. The van der Waals surface area contributed by atoms with Crippen LogP contribution < -0.4 is 5.32 Å². The fourth-order valence-corrected chi connectivity index (χ4v) is 7.73. The molecule has 6 nitrogen and oxygen atoms in total. The first-order chi connectivity index (χ1) is 29.5. The number of amides is 1. The van der Waals surface area contributed by atoms with Gasteiger partial charge in [0.25, 0.3) is 0 Å². The Morgan fingerprint density at radius 1 is 0.483 bits per heavy atom. The van der Waals surface area contributed by atoms with Gasteiger partial charge in [-0.1, -0.05) is 223 Å². The maximum atomic E-state index is 13.2. The number of carbonyl (C=O) groups excluding carboxylic acids is 2. The van der Waals surface area contributed by atoms with Gasteiger partial charge in [0.1, 0.15) is 6.10 Å². The van der Waals surface area contributed by atoms with Gasteiger partial charge in [-0.3, -0.25) is 9.59 Å². The van der Waals surface area contributed by atoms with Crippen molar-refractivity contribution in [2.75, 3.05) is 6.61 Å². The number of hydrogen-bond donors (Lipinski definition) is 3. The summed E-state index contributed by atoms with van der Waals surface area (Å²) < 4.78 is 5.90. The molecule has 0 saturated heterocycles. The molecule has 0 heterocycles. The smallest absolute Gasteiger partial charge is 0.306 e. The van der Waals surface area contributed by atoms with Crippen molar-refractivity contribution >= 4 is 11.9 Å². The molecule has 3 unspecified atom stereocenters. The van der Waals surface area contributed by atoms with Crippen molar-refractivity contribution in [3.8, 4) is 0 Å². The summed E-state index contributed by atoms with van der Waals surface area (Å²) in [6.07, 6.45) is 57.4. The fourth-order valence-electron chi connectivity index (χ4n) is 7.73. The molecule has 0 radical (unpaired) electrons. The first-order valence-electron chi connectivity index (χ1n) is 25.9. The maximum Gasteiger partial charge on any atom is 0.306 e. The topological polar surface area (TPSA) is 95.9 Å². The highest BCUT2D eigenvalue weighted by Crippen LogP contribution is 2.17. The zero-order chi connectivity index (χ0) is 43.8. The molecule has 1 amide bonds. The average molecular weight is 842 g/mol. The van der Waals surface area contributed by atoms with Crippen molar-refractivity contribution in [1.82, 2.24) is 5.32 Å². The summed E-state index contributed by atoms with van der Waals surface area (Å²) in [4.78, 5) is 26.1. The van der Waals surface area contributed by atoms with Crippen molar-refractivity contribution in [1.29, 1.82) is 0 Å². The molecule has 0 aromatic carbocycles. The van der Waals surface area contributed by atoms with Crippen LogP contribution in [0.5, 0.6) is 0 Å². The van der Waals surface area contributed by atoms with Crippen molar-refractivity contribution in [3.63, 3.8) is 0 Å². The summed E-state index contributed by atoms with van der Waals surface area (Å²) in [5.74, 6) is -0.516. The molecule has 0 aliphatic heterocycles. The second-order valence-corrected chi connectivity index (χ2v) is 17.6. The van der Waals surface area contributed by atoms with E-state index in [-0.39, 0.29) is 24.9 Å². The lowest BCUT2D eigenvalue weighted by Crippen LogP contribution is -2.46. The molecule has 0 spiro atoms. The molecule has 3 atom stereocenters. The zero-order valence-corrected chi connectivity index (χ0v) is 39.8. The number of carbonyl (C=O) groups is 2. The Hall–Kier alpha value is -2.18. The van der Waals surface area contributed by atoms with E-state index in [0.29, 0.717) is 19.3 Å². The van der Waals surface area contributed by atoms with E-state index in [2.05, 4.69) is 74.7 Å². The van der Waals surface area contributed by atoms with Gasteiger partial charge in [0, 0.05) is 6.42 Å². The second kappa shape index (κ2) is 47.9. The minimum absolute atomic E-state index is 0.0520. The number of allylic oxidation sites excluding steroid dienone is 8. The van der Waals surface area contributed by atoms with Crippen LogP contribution in [0.15, 0.2) is 48.6 Å². The van der Waals surface area contributed by atoms with Crippen LogP contribution in [0.3, 0.4) is 0 Å². The van der Waals surface area contributed by atoms with E-state index in [1.807, 2.05) is 0 Å². The number of nitrogens with one attached hydrogen (secondary N) is 1.